The van der Waals surface area contributed by atoms with Gasteiger partial charge in [0.2, 0.25) is 0 Å². The van der Waals surface area contributed by atoms with Gasteiger partial charge < -0.3 is 10.2 Å². The van der Waals surface area contributed by atoms with Gasteiger partial charge in [-0.25, -0.2) is 0 Å². The predicted molar refractivity (Wildman–Crippen MR) is 107 cm³/mol. The quantitative estimate of drug-likeness (QED) is 0.617. The lowest BCUT2D eigenvalue weighted by Gasteiger charge is -2.22. The molecule has 0 aromatic heterocycles. The molecule has 0 fully saturated rings. The number of fused-ring (bicyclic) bond motifs is 1. The van der Waals surface area contributed by atoms with Crippen molar-refractivity contribution in [2.45, 2.75) is 39.2 Å². The van der Waals surface area contributed by atoms with Gasteiger partial charge in [0.05, 0.1) is 12.2 Å². The van der Waals surface area contributed by atoms with Gasteiger partial charge in [0, 0.05) is 41.5 Å². The van der Waals surface area contributed by atoms with E-state index in [2.05, 4.69) is 40.3 Å². The summed E-state index contributed by atoms with van der Waals surface area (Å²) in [4.78, 5) is 17.0. The van der Waals surface area contributed by atoms with Crippen molar-refractivity contribution in [3.05, 3.63) is 39.8 Å². The van der Waals surface area contributed by atoms with Crippen molar-refractivity contribution in [3.63, 3.8) is 0 Å². The average Bonchev–Trinajstić information content (AvgIpc) is 2.79. The third-order valence-electron chi connectivity index (χ3n) is 4.38. The maximum Gasteiger partial charge on any atom is 0.0938 e. The molecule has 1 unspecified atom stereocenters. The first-order valence-corrected chi connectivity index (χ1v) is 9.32. The van der Waals surface area contributed by atoms with E-state index in [4.69, 9.17) is 11.6 Å². The highest BCUT2D eigenvalue weighted by molar-refractivity contribution is 6.31. The van der Waals surface area contributed by atoms with Crippen LogP contribution in [-0.2, 0) is 0 Å². The molecule has 0 saturated heterocycles. The number of nitrogens with one attached hydrogen (secondary N) is 1. The number of hydrogen-bond donors (Lipinski definition) is 1. The highest BCUT2D eigenvalue weighted by Crippen LogP contribution is 2.30. The van der Waals surface area contributed by atoms with Crippen molar-refractivity contribution in [2.75, 3.05) is 26.2 Å². The Kier molecular flexibility index (Phi) is 8.09. The molecule has 2 rings (SSSR count). The number of benzene rings is 1. The molecule has 0 bridgehead atoms. The minimum absolute atomic E-state index is 0.357. The van der Waals surface area contributed by atoms with Crippen LogP contribution in [0, 0.1) is 4.91 Å². The van der Waals surface area contributed by atoms with Crippen molar-refractivity contribution >= 4 is 29.2 Å². The molecule has 0 spiro atoms. The summed E-state index contributed by atoms with van der Waals surface area (Å²) in [6.45, 7) is 7.38. The smallest absolute Gasteiger partial charge is 0.0938 e. The Morgan fingerprint density at radius 1 is 1.40 bits per heavy atom. The summed E-state index contributed by atoms with van der Waals surface area (Å²) in [6, 6.07) is 6.19. The van der Waals surface area contributed by atoms with Crippen molar-refractivity contribution in [1.82, 2.24) is 10.2 Å². The Morgan fingerprint density at radius 3 is 3.00 bits per heavy atom. The van der Waals surface area contributed by atoms with Crippen LogP contribution < -0.4 is 5.32 Å². The molecule has 25 heavy (non-hydrogen) atoms. The van der Waals surface area contributed by atoms with Crippen LogP contribution in [0.25, 0.3) is 5.70 Å². The van der Waals surface area contributed by atoms with Crippen LogP contribution in [0.3, 0.4) is 0 Å². The molecule has 0 radical (unpaired) electrons. The Bertz CT molecular complexity index is 630. The number of hydrogen-bond acceptors (Lipinski definition) is 5. The first-order valence-electron chi connectivity index (χ1n) is 8.94. The highest BCUT2D eigenvalue weighted by Gasteiger charge is 2.13. The van der Waals surface area contributed by atoms with Crippen molar-refractivity contribution in [2.24, 2.45) is 10.2 Å². The second-order valence-corrected chi connectivity index (χ2v) is 6.74. The van der Waals surface area contributed by atoms with Gasteiger partial charge in [0.1, 0.15) is 0 Å². The van der Waals surface area contributed by atoms with E-state index in [0.29, 0.717) is 17.6 Å². The van der Waals surface area contributed by atoms with Crippen LogP contribution in [0.15, 0.2) is 34.4 Å². The summed E-state index contributed by atoms with van der Waals surface area (Å²) in [6.07, 6.45) is 7.04. The van der Waals surface area contributed by atoms with E-state index < -0.39 is 0 Å². The molecule has 1 N–H and O–H groups in total. The molecule has 0 amide bonds. The number of nitrogens with zero attached hydrogens (tertiary/aromatic N) is 3. The molecule has 1 heterocycles. The number of aliphatic imine (C=N–C) groups is 1. The summed E-state index contributed by atoms with van der Waals surface area (Å²) in [5, 5.41) is 7.27. The van der Waals surface area contributed by atoms with Gasteiger partial charge in [-0.05, 0) is 51.1 Å². The van der Waals surface area contributed by atoms with Crippen molar-refractivity contribution < 1.29 is 0 Å². The largest absolute Gasteiger partial charge is 0.382 e. The van der Waals surface area contributed by atoms with E-state index in [1.54, 1.807) is 0 Å². The zero-order chi connectivity index (χ0) is 18.1. The summed E-state index contributed by atoms with van der Waals surface area (Å²) in [5.74, 6) is 0. The first-order chi connectivity index (χ1) is 12.1. The van der Waals surface area contributed by atoms with Crippen LogP contribution in [0.4, 0.5) is 5.69 Å². The first kappa shape index (κ1) is 19.6. The molecule has 0 saturated carbocycles. The fourth-order valence-corrected chi connectivity index (χ4v) is 3.14. The van der Waals surface area contributed by atoms with Crippen LogP contribution in [-0.4, -0.2) is 43.3 Å². The molecule has 0 aliphatic carbocycles. The Morgan fingerprint density at radius 2 is 2.24 bits per heavy atom. The van der Waals surface area contributed by atoms with Crippen molar-refractivity contribution in [1.29, 1.82) is 0 Å². The lowest BCUT2D eigenvalue weighted by Crippen LogP contribution is -2.30. The van der Waals surface area contributed by atoms with Gasteiger partial charge >= 0.3 is 0 Å². The zero-order valence-electron chi connectivity index (χ0n) is 15.0. The minimum atomic E-state index is 0.357. The molecule has 1 aromatic rings. The van der Waals surface area contributed by atoms with Crippen LogP contribution in [0.2, 0.25) is 5.02 Å². The third kappa shape index (κ3) is 6.25. The molecular weight excluding hydrogens is 336 g/mol. The Hall–Kier alpha value is -1.72. The fraction of sp³-hybridized carbons (Fsp3) is 0.526. The number of rotatable bonds is 10. The molecule has 6 heteroatoms. The second kappa shape index (κ2) is 10.3. The standard InChI is InChI=1S/C19H27ClN4O/c1-3-24(13-11-22-25)12-5-6-15(2)23-18-7-4-10-21-19-14-16(20)8-9-17(18)19/h7-10,14-15,23H,3-6,11-13H2,1-2H3. The topological polar surface area (TPSA) is 57.1 Å². The van der Waals surface area contributed by atoms with Gasteiger partial charge in [-0.2, -0.15) is 4.91 Å². The Balaban J connectivity index is 1.88. The monoisotopic (exact) mass is 362 g/mol. The minimum Gasteiger partial charge on any atom is -0.382 e. The molecule has 5 nitrogen and oxygen atoms in total. The zero-order valence-corrected chi connectivity index (χ0v) is 15.8. The van der Waals surface area contributed by atoms with Crippen molar-refractivity contribution in [3.8, 4) is 0 Å². The third-order valence-corrected chi connectivity index (χ3v) is 4.61. The summed E-state index contributed by atoms with van der Waals surface area (Å²) < 4.78 is 0. The van der Waals surface area contributed by atoms with Gasteiger partial charge in [-0.15, -0.1) is 0 Å². The fourth-order valence-electron chi connectivity index (χ4n) is 2.98. The van der Waals surface area contributed by atoms with Gasteiger partial charge in [0.15, 0.2) is 0 Å². The molecule has 1 atom stereocenters. The number of likely N-dealkylation sites (N-methyl/N-ethyl adjacent to an activating group) is 1. The second-order valence-electron chi connectivity index (χ2n) is 6.30. The highest BCUT2D eigenvalue weighted by atomic mass is 35.5. The number of allylic oxidation sites excluding steroid dienone is 1. The van der Waals surface area contributed by atoms with E-state index in [1.165, 1.54) is 0 Å². The Labute approximate surface area is 155 Å². The molecule has 1 aromatic carbocycles. The predicted octanol–water partition coefficient (Wildman–Crippen LogP) is 4.63. The van der Waals surface area contributed by atoms with E-state index >= 15 is 0 Å². The summed E-state index contributed by atoms with van der Waals surface area (Å²) >= 11 is 6.09. The van der Waals surface area contributed by atoms with E-state index in [1.807, 2.05) is 24.4 Å². The lowest BCUT2D eigenvalue weighted by atomic mass is 10.1. The lowest BCUT2D eigenvalue weighted by molar-refractivity contribution is 0.285. The molecule has 136 valence electrons. The van der Waals surface area contributed by atoms with E-state index in [-0.39, 0.29) is 0 Å². The van der Waals surface area contributed by atoms with Gasteiger partial charge in [-0.3, -0.25) is 4.99 Å². The van der Waals surface area contributed by atoms with Gasteiger partial charge in [-0.1, -0.05) is 29.8 Å². The SMILES string of the molecule is CCN(CCCC(C)NC1=CCC=Nc2cc(Cl)ccc21)CCN=O. The van der Waals surface area contributed by atoms with Crippen LogP contribution >= 0.6 is 11.6 Å². The van der Waals surface area contributed by atoms with Gasteiger partial charge in [0.25, 0.3) is 0 Å². The molecular formula is C19H27ClN4O. The average molecular weight is 363 g/mol. The number of halogens is 1. The maximum absolute atomic E-state index is 10.3. The maximum atomic E-state index is 10.3. The summed E-state index contributed by atoms with van der Waals surface area (Å²) in [7, 11) is 0. The van der Waals surface area contributed by atoms with E-state index in [9.17, 15) is 4.91 Å². The summed E-state index contributed by atoms with van der Waals surface area (Å²) in [5.41, 5.74) is 3.13. The van der Waals surface area contributed by atoms with Crippen LogP contribution in [0.1, 0.15) is 38.7 Å². The number of nitroso groups, excluding NO2 is 1. The molecule has 1 aliphatic rings. The normalized spacial score (nSPS) is 14.6. The van der Waals surface area contributed by atoms with Crippen LogP contribution in [0.5, 0.6) is 0 Å². The molecule has 1 aliphatic heterocycles. The van der Waals surface area contributed by atoms with E-state index in [0.717, 1.165) is 55.8 Å².